The van der Waals surface area contributed by atoms with Crippen LogP contribution in [-0.4, -0.2) is 5.75 Å². The van der Waals surface area contributed by atoms with Gasteiger partial charge in [0.2, 0.25) is 0 Å². The van der Waals surface area contributed by atoms with Crippen LogP contribution in [0.4, 0.5) is 0 Å². The van der Waals surface area contributed by atoms with Crippen LogP contribution in [0.5, 0.6) is 0 Å². The van der Waals surface area contributed by atoms with Gasteiger partial charge in [-0.1, -0.05) is 12.5 Å². The van der Waals surface area contributed by atoms with Crippen LogP contribution in [0.1, 0.15) is 6.92 Å². The minimum Gasteiger partial charge on any atom is -0.122 e. The second-order valence-corrected chi connectivity index (χ2v) is 1.86. The van der Waals surface area contributed by atoms with Gasteiger partial charge in [-0.25, -0.2) is 0 Å². The Balaban J connectivity index is 2.92. The summed E-state index contributed by atoms with van der Waals surface area (Å²) in [6.45, 7) is 5.36. The Morgan fingerprint density at radius 1 is 1.86 bits per heavy atom. The molecule has 0 amide bonds. The topological polar surface area (TPSA) is 0 Å². The third-order valence-corrected chi connectivity index (χ3v) is 0.997. The maximum Gasteiger partial charge on any atom is 0.0588 e. The molecule has 0 N–H and O–H groups in total. The van der Waals surface area contributed by atoms with Crippen molar-refractivity contribution in [3.63, 3.8) is 0 Å². The molecule has 0 saturated carbocycles. The average molecular weight is 112 g/mol. The van der Waals surface area contributed by atoms with Crippen LogP contribution in [0, 0.1) is 11.8 Å². The van der Waals surface area contributed by atoms with E-state index in [0.717, 1.165) is 5.75 Å². The van der Waals surface area contributed by atoms with Crippen molar-refractivity contribution in [2.24, 2.45) is 0 Å². The Morgan fingerprint density at radius 2 is 2.57 bits per heavy atom. The highest BCUT2D eigenvalue weighted by molar-refractivity contribution is 8.02. The summed E-state index contributed by atoms with van der Waals surface area (Å²) >= 11 is 1.62. The lowest BCUT2D eigenvalue weighted by Crippen LogP contribution is -1.61. The van der Waals surface area contributed by atoms with Gasteiger partial charge in [-0.15, -0.1) is 17.7 Å². The van der Waals surface area contributed by atoms with Crippen molar-refractivity contribution in [2.75, 3.05) is 5.75 Å². The van der Waals surface area contributed by atoms with Crippen molar-refractivity contribution in [1.82, 2.24) is 0 Å². The summed E-state index contributed by atoms with van der Waals surface area (Å²) in [6, 6.07) is 0. The summed E-state index contributed by atoms with van der Waals surface area (Å²) in [5, 5.41) is 1.80. The molecule has 0 atom stereocenters. The zero-order valence-corrected chi connectivity index (χ0v) is 5.22. The molecule has 0 spiro atoms. The molecule has 0 saturated heterocycles. The Bertz CT molecular complexity index is 94.5. The van der Waals surface area contributed by atoms with Gasteiger partial charge >= 0.3 is 0 Å². The number of rotatable bonds is 2. The van der Waals surface area contributed by atoms with Crippen LogP contribution >= 0.6 is 11.8 Å². The molecule has 7 heavy (non-hydrogen) atoms. The summed E-state index contributed by atoms with van der Waals surface area (Å²) in [5.74, 6) is 6.55. The molecule has 0 aliphatic carbocycles. The second-order valence-electron chi connectivity index (χ2n) is 0.904. The van der Waals surface area contributed by atoms with Crippen molar-refractivity contribution < 1.29 is 0 Å². The van der Waals surface area contributed by atoms with Gasteiger partial charge in [0.1, 0.15) is 0 Å². The predicted molar refractivity (Wildman–Crippen MR) is 36.1 cm³/mol. The molecule has 38 valence electrons. The number of thioether (sulfide) groups is 1. The fraction of sp³-hybridized carbons (Fsp3) is 0.333. The minimum absolute atomic E-state index is 0.875. The van der Waals surface area contributed by atoms with Gasteiger partial charge in [0.25, 0.3) is 0 Å². The van der Waals surface area contributed by atoms with Crippen LogP contribution in [0.15, 0.2) is 12.0 Å². The first-order chi connectivity index (χ1) is 3.41. The van der Waals surface area contributed by atoms with E-state index in [1.54, 1.807) is 17.2 Å². The molecule has 1 heteroatoms. The van der Waals surface area contributed by atoms with Gasteiger partial charge < -0.3 is 0 Å². The van der Waals surface area contributed by atoms with E-state index in [4.69, 9.17) is 0 Å². The molecule has 0 fully saturated rings. The Kier molecular flexibility index (Phi) is 5.37. The molecule has 0 nitrogen and oxygen atoms in total. The van der Waals surface area contributed by atoms with Crippen molar-refractivity contribution in [3.05, 3.63) is 12.0 Å². The highest BCUT2D eigenvalue weighted by atomic mass is 32.2. The molecule has 0 aliphatic heterocycles. The fourth-order valence-corrected chi connectivity index (χ4v) is 0.518. The van der Waals surface area contributed by atoms with Crippen molar-refractivity contribution in [1.29, 1.82) is 0 Å². The highest BCUT2D eigenvalue weighted by Gasteiger charge is 1.67. The van der Waals surface area contributed by atoms with E-state index in [1.165, 1.54) is 0 Å². The Hall–Kier alpha value is -0.350. The van der Waals surface area contributed by atoms with Gasteiger partial charge in [0, 0.05) is 0 Å². The summed E-state index contributed by atoms with van der Waals surface area (Å²) in [6.07, 6.45) is 0. The highest BCUT2D eigenvalue weighted by Crippen LogP contribution is 1.95. The SMILES string of the molecule is C=CSCC#CC. The molecule has 0 aliphatic rings. The molecule has 0 aromatic carbocycles. The first kappa shape index (κ1) is 6.65. The molecular formula is C6H8S. The molecular weight excluding hydrogens is 104 g/mol. The van der Waals surface area contributed by atoms with E-state index >= 15 is 0 Å². The standard InChI is InChI=1S/C6H8S/c1-3-5-6-7-4-2/h4H,2,6H2,1H3. The lowest BCUT2D eigenvalue weighted by Gasteiger charge is -1.75. The molecule has 0 rings (SSSR count). The smallest absolute Gasteiger partial charge is 0.0588 e. The van der Waals surface area contributed by atoms with E-state index < -0.39 is 0 Å². The predicted octanol–water partition coefficient (Wildman–Crippen LogP) is 1.89. The van der Waals surface area contributed by atoms with Crippen LogP contribution in [0.2, 0.25) is 0 Å². The Labute approximate surface area is 49.0 Å². The van der Waals surface area contributed by atoms with Gasteiger partial charge in [-0.3, -0.25) is 0 Å². The van der Waals surface area contributed by atoms with Crippen LogP contribution in [-0.2, 0) is 0 Å². The van der Waals surface area contributed by atoms with E-state index in [9.17, 15) is 0 Å². The largest absolute Gasteiger partial charge is 0.122 e. The van der Waals surface area contributed by atoms with Gasteiger partial charge in [-0.05, 0) is 12.3 Å². The van der Waals surface area contributed by atoms with E-state index in [0.29, 0.717) is 0 Å². The minimum atomic E-state index is 0.875. The van der Waals surface area contributed by atoms with Gasteiger partial charge in [-0.2, -0.15) is 0 Å². The summed E-state index contributed by atoms with van der Waals surface area (Å²) < 4.78 is 0. The molecule has 0 unspecified atom stereocenters. The summed E-state index contributed by atoms with van der Waals surface area (Å²) in [5.41, 5.74) is 0. The zero-order valence-electron chi connectivity index (χ0n) is 4.40. The van der Waals surface area contributed by atoms with Crippen LogP contribution in [0.25, 0.3) is 0 Å². The fourth-order valence-electron chi connectivity index (χ4n) is 0.173. The quantitative estimate of drug-likeness (QED) is 0.388. The molecule has 0 heterocycles. The maximum absolute atomic E-state index is 3.53. The van der Waals surface area contributed by atoms with Gasteiger partial charge in [0.15, 0.2) is 0 Å². The third kappa shape index (κ3) is 5.65. The van der Waals surface area contributed by atoms with E-state index in [2.05, 4.69) is 18.4 Å². The summed E-state index contributed by atoms with van der Waals surface area (Å²) in [4.78, 5) is 0. The molecule has 0 bridgehead atoms. The first-order valence-corrected chi connectivity index (χ1v) is 3.08. The number of hydrogen-bond donors (Lipinski definition) is 0. The van der Waals surface area contributed by atoms with E-state index in [-0.39, 0.29) is 0 Å². The molecule has 0 radical (unpaired) electrons. The Morgan fingerprint density at radius 3 is 3.00 bits per heavy atom. The van der Waals surface area contributed by atoms with Crippen molar-refractivity contribution in [2.45, 2.75) is 6.92 Å². The maximum atomic E-state index is 3.53. The van der Waals surface area contributed by atoms with E-state index in [1.807, 2.05) is 6.92 Å². The molecule has 0 aromatic heterocycles. The van der Waals surface area contributed by atoms with Crippen LogP contribution in [0.3, 0.4) is 0 Å². The third-order valence-electron chi connectivity index (χ3n) is 0.450. The van der Waals surface area contributed by atoms with Gasteiger partial charge in [0.05, 0.1) is 5.75 Å². The first-order valence-electron chi connectivity index (χ1n) is 2.04. The number of hydrogen-bond acceptors (Lipinski definition) is 1. The van der Waals surface area contributed by atoms with Crippen LogP contribution < -0.4 is 0 Å². The van der Waals surface area contributed by atoms with Crippen molar-refractivity contribution >= 4 is 11.8 Å². The monoisotopic (exact) mass is 112 g/mol. The average Bonchev–Trinajstić information content (AvgIpc) is 1.69. The molecule has 0 aromatic rings. The zero-order chi connectivity index (χ0) is 5.54. The normalized spacial score (nSPS) is 6.43. The summed E-state index contributed by atoms with van der Waals surface area (Å²) in [7, 11) is 0. The lowest BCUT2D eigenvalue weighted by atomic mass is 10.7. The van der Waals surface area contributed by atoms with Crippen molar-refractivity contribution in [3.8, 4) is 11.8 Å². The lowest BCUT2D eigenvalue weighted by molar-refractivity contribution is 1.84. The second kappa shape index (κ2) is 5.65.